The molecule has 1 aromatic heterocycles. The lowest BCUT2D eigenvalue weighted by Crippen LogP contribution is -2.38. The number of rotatable bonds is 6. The minimum atomic E-state index is -0.586. The monoisotopic (exact) mass is 756 g/mol. The van der Waals surface area contributed by atoms with Crippen molar-refractivity contribution in [2.75, 3.05) is 4.90 Å². The van der Waals surface area contributed by atoms with E-state index in [1.54, 1.807) is 0 Å². The summed E-state index contributed by atoms with van der Waals surface area (Å²) in [4.78, 5) is 17.4. The van der Waals surface area contributed by atoms with Crippen molar-refractivity contribution in [3.8, 4) is 45.3 Å². The van der Waals surface area contributed by atoms with E-state index in [0.29, 0.717) is 17.5 Å². The van der Waals surface area contributed by atoms with Crippen LogP contribution in [0.25, 0.3) is 45.3 Å². The van der Waals surface area contributed by atoms with Gasteiger partial charge in [0.25, 0.3) is 0 Å². The molecule has 2 heterocycles. The highest BCUT2D eigenvalue weighted by Gasteiger charge is 2.47. The van der Waals surface area contributed by atoms with Gasteiger partial charge in [0.2, 0.25) is 0 Å². The fourth-order valence-electron chi connectivity index (χ4n) is 9.64. The van der Waals surface area contributed by atoms with Crippen LogP contribution in [-0.4, -0.2) is 15.0 Å². The molecule has 2 aliphatic rings. The first kappa shape index (κ1) is 34.8. The zero-order valence-corrected chi connectivity index (χ0v) is 32.9. The molecule has 0 unspecified atom stereocenters. The van der Waals surface area contributed by atoms with Gasteiger partial charge < -0.3 is 4.90 Å². The molecule has 0 atom stereocenters. The zero-order chi connectivity index (χ0) is 39.6. The van der Waals surface area contributed by atoms with E-state index in [0.717, 1.165) is 33.8 Å². The van der Waals surface area contributed by atoms with E-state index in [2.05, 4.69) is 164 Å². The fourth-order valence-corrected chi connectivity index (χ4v) is 9.64. The van der Waals surface area contributed by atoms with Crippen LogP contribution in [0.1, 0.15) is 47.2 Å². The van der Waals surface area contributed by atoms with Gasteiger partial charge in [0, 0.05) is 27.8 Å². The number of para-hydroxylation sites is 2. The Balaban J connectivity index is 1.08. The summed E-state index contributed by atoms with van der Waals surface area (Å²) in [7, 11) is 0. The SMILES string of the molecule is CC1(C)c2ccccc2-c2ccc(C3(c4ccccc4)c4ccccc4N(c4ccc(-c5nc(-c6ccccc6)nc(-c6ccccc6)n5)cc4)c4ccccc43)cc21. The van der Waals surface area contributed by atoms with Crippen LogP contribution >= 0.6 is 0 Å². The van der Waals surface area contributed by atoms with E-state index in [-0.39, 0.29) is 5.41 Å². The molecule has 1 aliphatic carbocycles. The second kappa shape index (κ2) is 13.6. The maximum atomic E-state index is 5.01. The van der Waals surface area contributed by atoms with Crippen LogP contribution in [0.15, 0.2) is 206 Å². The summed E-state index contributed by atoms with van der Waals surface area (Å²) in [6.45, 7) is 4.74. The summed E-state index contributed by atoms with van der Waals surface area (Å²) in [6, 6.07) is 74.0. The predicted molar refractivity (Wildman–Crippen MR) is 240 cm³/mol. The van der Waals surface area contributed by atoms with Crippen LogP contribution in [0.4, 0.5) is 17.1 Å². The highest BCUT2D eigenvalue weighted by molar-refractivity contribution is 5.90. The first-order chi connectivity index (χ1) is 29.0. The molecule has 0 saturated carbocycles. The normalized spacial score (nSPS) is 14.2. The van der Waals surface area contributed by atoms with Crippen molar-refractivity contribution in [2.45, 2.75) is 24.7 Å². The maximum absolute atomic E-state index is 5.01. The van der Waals surface area contributed by atoms with Gasteiger partial charge in [0.05, 0.1) is 16.8 Å². The Morgan fingerprint density at radius 2 is 0.797 bits per heavy atom. The highest BCUT2D eigenvalue weighted by Crippen LogP contribution is 2.59. The maximum Gasteiger partial charge on any atom is 0.164 e. The second-order valence-corrected chi connectivity index (χ2v) is 16.0. The molecule has 4 nitrogen and oxygen atoms in total. The van der Waals surface area contributed by atoms with Crippen LogP contribution in [0.3, 0.4) is 0 Å². The molecule has 0 radical (unpaired) electrons. The Kier molecular flexibility index (Phi) is 8.02. The Bertz CT molecular complexity index is 2910. The van der Waals surface area contributed by atoms with Gasteiger partial charge in [-0.25, -0.2) is 15.0 Å². The average molecular weight is 757 g/mol. The van der Waals surface area contributed by atoms with Gasteiger partial charge in [0.15, 0.2) is 17.5 Å². The number of hydrogen-bond acceptors (Lipinski definition) is 4. The molecule has 1 aliphatic heterocycles. The summed E-state index contributed by atoms with van der Waals surface area (Å²) in [5.74, 6) is 1.93. The molecule has 8 aromatic carbocycles. The van der Waals surface area contributed by atoms with Gasteiger partial charge in [0.1, 0.15) is 0 Å². The number of aromatic nitrogens is 3. The molecule has 0 bridgehead atoms. The quantitative estimate of drug-likeness (QED) is 0.169. The van der Waals surface area contributed by atoms with E-state index in [1.807, 2.05) is 60.7 Å². The molecule has 11 rings (SSSR count). The van der Waals surface area contributed by atoms with E-state index in [9.17, 15) is 0 Å². The van der Waals surface area contributed by atoms with Crippen LogP contribution in [0, 0.1) is 0 Å². The third kappa shape index (κ3) is 5.40. The highest BCUT2D eigenvalue weighted by atomic mass is 15.2. The largest absolute Gasteiger partial charge is 0.310 e. The van der Waals surface area contributed by atoms with Crippen LogP contribution in [0.5, 0.6) is 0 Å². The topological polar surface area (TPSA) is 41.9 Å². The van der Waals surface area contributed by atoms with Gasteiger partial charge in [-0.15, -0.1) is 0 Å². The molecule has 0 amide bonds. The number of hydrogen-bond donors (Lipinski definition) is 0. The van der Waals surface area contributed by atoms with E-state index in [4.69, 9.17) is 15.0 Å². The van der Waals surface area contributed by atoms with Crippen LogP contribution in [0.2, 0.25) is 0 Å². The average Bonchev–Trinajstić information content (AvgIpc) is 3.54. The Morgan fingerprint density at radius 3 is 1.36 bits per heavy atom. The Hall–Kier alpha value is -7.43. The van der Waals surface area contributed by atoms with Crippen LogP contribution in [-0.2, 0) is 10.8 Å². The van der Waals surface area contributed by atoms with Crippen molar-refractivity contribution >= 4 is 17.1 Å². The zero-order valence-electron chi connectivity index (χ0n) is 32.9. The third-order valence-corrected chi connectivity index (χ3v) is 12.4. The fraction of sp³-hybridized carbons (Fsp3) is 0.0727. The first-order valence-electron chi connectivity index (χ1n) is 20.3. The summed E-state index contributed by atoms with van der Waals surface area (Å²) in [5.41, 5.74) is 15.8. The number of fused-ring (bicyclic) bond motifs is 5. The van der Waals surface area contributed by atoms with Crippen molar-refractivity contribution < 1.29 is 0 Å². The minimum Gasteiger partial charge on any atom is -0.310 e. The Morgan fingerprint density at radius 1 is 0.356 bits per heavy atom. The van der Waals surface area contributed by atoms with E-state index >= 15 is 0 Å². The van der Waals surface area contributed by atoms with Crippen molar-refractivity contribution in [3.05, 3.63) is 240 Å². The van der Waals surface area contributed by atoms with Gasteiger partial charge in [-0.1, -0.05) is 184 Å². The second-order valence-electron chi connectivity index (χ2n) is 16.0. The summed E-state index contributed by atoms with van der Waals surface area (Å²) in [6.07, 6.45) is 0. The van der Waals surface area contributed by atoms with Gasteiger partial charge >= 0.3 is 0 Å². The van der Waals surface area contributed by atoms with Crippen LogP contribution < -0.4 is 4.90 Å². The summed E-state index contributed by atoms with van der Waals surface area (Å²) >= 11 is 0. The molecule has 0 spiro atoms. The Labute approximate surface area is 345 Å². The smallest absolute Gasteiger partial charge is 0.164 e. The lowest BCUT2D eigenvalue weighted by molar-refractivity contribution is 0.654. The third-order valence-electron chi connectivity index (χ3n) is 12.4. The number of nitrogens with zero attached hydrogens (tertiary/aromatic N) is 4. The van der Waals surface area contributed by atoms with Crippen molar-refractivity contribution in [2.24, 2.45) is 0 Å². The summed E-state index contributed by atoms with van der Waals surface area (Å²) < 4.78 is 0. The molecule has 0 N–H and O–H groups in total. The molecular weight excluding hydrogens is 717 g/mol. The molecular formula is C55H40N4. The van der Waals surface area contributed by atoms with Crippen molar-refractivity contribution in [1.82, 2.24) is 15.0 Å². The predicted octanol–water partition coefficient (Wildman–Crippen LogP) is 13.3. The van der Waals surface area contributed by atoms with E-state index in [1.165, 1.54) is 44.5 Å². The molecule has 4 heteroatoms. The number of benzene rings is 8. The van der Waals surface area contributed by atoms with E-state index < -0.39 is 5.41 Å². The van der Waals surface area contributed by atoms with Gasteiger partial charge in [-0.3, -0.25) is 0 Å². The number of anilines is 3. The summed E-state index contributed by atoms with van der Waals surface area (Å²) in [5, 5.41) is 0. The van der Waals surface area contributed by atoms with Gasteiger partial charge in [-0.2, -0.15) is 0 Å². The lowest BCUT2D eigenvalue weighted by Gasteiger charge is -2.46. The first-order valence-corrected chi connectivity index (χ1v) is 20.3. The van der Waals surface area contributed by atoms with Crippen molar-refractivity contribution in [1.29, 1.82) is 0 Å². The minimum absolute atomic E-state index is 0.135. The molecule has 280 valence electrons. The standard InChI is InChI=1S/C55H40N4/c1-54(2)45-25-13-12-24-43(45)44-35-32-41(36-48(44)54)55(40-22-10-5-11-23-40)46-26-14-16-28-49(46)59(50-29-17-15-27-47(50)55)42-33-30-39(31-34-42)53-57-51(37-18-6-3-7-19-37)56-52(58-53)38-20-8-4-9-21-38/h3-36H,1-2H3. The molecule has 0 fully saturated rings. The van der Waals surface area contributed by atoms with Gasteiger partial charge in [-0.05, 0) is 80.9 Å². The molecule has 9 aromatic rings. The molecule has 0 saturated heterocycles. The van der Waals surface area contributed by atoms with Crippen molar-refractivity contribution in [3.63, 3.8) is 0 Å². The lowest BCUT2D eigenvalue weighted by atomic mass is 9.62. The molecule has 59 heavy (non-hydrogen) atoms.